The first-order valence-corrected chi connectivity index (χ1v) is 9.95. The van der Waals surface area contributed by atoms with E-state index >= 15 is 0 Å². The van der Waals surface area contributed by atoms with Gasteiger partial charge in [-0.3, -0.25) is 9.59 Å². The molecule has 0 radical (unpaired) electrons. The minimum absolute atomic E-state index is 0.0590. The molecule has 2 fully saturated rings. The van der Waals surface area contributed by atoms with Crippen LogP contribution < -0.4 is 11.1 Å². The molecule has 1 unspecified atom stereocenters. The van der Waals surface area contributed by atoms with E-state index in [1.807, 2.05) is 36.4 Å². The standard InChI is InChI=1S/C22H26N4O3/c23-19-17(7-4-9-24-19)12-25-21(28)22(11-16-5-2-1-3-6-16)14-26(15-22)20(27)18-8-10-29-13-18/h1-7,9,18H,8,10-15H2,(H2,23,24)(H,25,28). The summed E-state index contributed by atoms with van der Waals surface area (Å²) in [6.45, 7) is 2.27. The molecule has 152 valence electrons. The molecule has 2 aromatic rings. The van der Waals surface area contributed by atoms with Crippen molar-refractivity contribution >= 4 is 17.6 Å². The van der Waals surface area contributed by atoms with E-state index in [9.17, 15) is 9.59 Å². The SMILES string of the molecule is Nc1ncccc1CNC(=O)C1(Cc2ccccc2)CN(C(=O)C2CCOC2)C1. The zero-order chi connectivity index (χ0) is 20.3. The number of nitrogens with two attached hydrogens (primary N) is 1. The average molecular weight is 394 g/mol. The fraction of sp³-hybridized carbons (Fsp3) is 0.409. The number of likely N-dealkylation sites (tertiary alicyclic amines) is 1. The number of hydrogen-bond acceptors (Lipinski definition) is 5. The zero-order valence-corrected chi connectivity index (χ0v) is 16.3. The van der Waals surface area contributed by atoms with E-state index in [0.717, 1.165) is 17.5 Å². The lowest BCUT2D eigenvalue weighted by molar-refractivity contribution is -0.156. The van der Waals surface area contributed by atoms with E-state index < -0.39 is 5.41 Å². The number of pyridine rings is 1. The van der Waals surface area contributed by atoms with Crippen molar-refractivity contribution in [2.24, 2.45) is 11.3 Å². The Bertz CT molecular complexity index is 875. The molecule has 2 saturated heterocycles. The van der Waals surface area contributed by atoms with Crippen molar-refractivity contribution in [1.82, 2.24) is 15.2 Å². The van der Waals surface area contributed by atoms with Crippen molar-refractivity contribution in [3.63, 3.8) is 0 Å². The number of carbonyl (C=O) groups is 2. The van der Waals surface area contributed by atoms with Crippen molar-refractivity contribution in [2.45, 2.75) is 19.4 Å². The second kappa shape index (κ2) is 8.21. The minimum atomic E-state index is -0.632. The van der Waals surface area contributed by atoms with E-state index in [1.165, 1.54) is 0 Å². The Kier molecular flexibility index (Phi) is 5.49. The van der Waals surface area contributed by atoms with Crippen molar-refractivity contribution in [3.8, 4) is 0 Å². The van der Waals surface area contributed by atoms with E-state index in [1.54, 1.807) is 17.2 Å². The normalized spacial score (nSPS) is 20.1. The summed E-state index contributed by atoms with van der Waals surface area (Å²) in [5.41, 5.74) is 7.13. The van der Waals surface area contributed by atoms with E-state index in [4.69, 9.17) is 10.5 Å². The Morgan fingerprint density at radius 2 is 2.00 bits per heavy atom. The van der Waals surface area contributed by atoms with Crippen LogP contribution in [0.25, 0.3) is 0 Å². The average Bonchev–Trinajstić information content (AvgIpc) is 3.25. The highest BCUT2D eigenvalue weighted by atomic mass is 16.5. The molecule has 3 heterocycles. The predicted molar refractivity (Wildman–Crippen MR) is 109 cm³/mol. The quantitative estimate of drug-likeness (QED) is 0.772. The van der Waals surface area contributed by atoms with Crippen molar-refractivity contribution in [1.29, 1.82) is 0 Å². The molecule has 1 atom stereocenters. The van der Waals surface area contributed by atoms with Gasteiger partial charge in [0.05, 0.1) is 17.9 Å². The van der Waals surface area contributed by atoms with Gasteiger partial charge in [0.25, 0.3) is 0 Å². The number of nitrogens with zero attached hydrogens (tertiary/aromatic N) is 2. The van der Waals surface area contributed by atoms with Gasteiger partial charge in [-0.25, -0.2) is 4.98 Å². The lowest BCUT2D eigenvalue weighted by atomic mass is 9.73. The van der Waals surface area contributed by atoms with Gasteiger partial charge < -0.3 is 20.7 Å². The third-order valence-electron chi connectivity index (χ3n) is 5.81. The monoisotopic (exact) mass is 394 g/mol. The topological polar surface area (TPSA) is 97.5 Å². The third kappa shape index (κ3) is 4.10. The van der Waals surface area contributed by atoms with Gasteiger partial charge in [0.15, 0.2) is 0 Å². The number of carbonyl (C=O) groups excluding carboxylic acids is 2. The van der Waals surface area contributed by atoms with Crippen LogP contribution in [0.5, 0.6) is 0 Å². The Hall–Kier alpha value is -2.93. The molecule has 4 rings (SSSR count). The van der Waals surface area contributed by atoms with Crippen molar-refractivity contribution < 1.29 is 14.3 Å². The molecule has 1 aromatic heterocycles. The maximum atomic E-state index is 13.2. The summed E-state index contributed by atoms with van der Waals surface area (Å²) in [4.78, 5) is 31.7. The number of hydrogen-bond donors (Lipinski definition) is 2. The highest BCUT2D eigenvalue weighted by molar-refractivity contribution is 5.89. The van der Waals surface area contributed by atoms with Crippen LogP contribution in [-0.2, 0) is 27.3 Å². The number of ether oxygens (including phenoxy) is 1. The van der Waals surface area contributed by atoms with Gasteiger partial charge in [-0.2, -0.15) is 0 Å². The molecule has 2 aliphatic rings. The van der Waals surface area contributed by atoms with Gasteiger partial charge in [0, 0.05) is 38.0 Å². The molecule has 7 heteroatoms. The molecule has 0 aliphatic carbocycles. The summed E-state index contributed by atoms with van der Waals surface area (Å²) in [5.74, 6) is 0.367. The van der Waals surface area contributed by atoms with Gasteiger partial charge in [-0.05, 0) is 24.5 Å². The van der Waals surface area contributed by atoms with Crippen LogP contribution in [0.15, 0.2) is 48.7 Å². The molecule has 3 N–H and O–H groups in total. The Morgan fingerprint density at radius 3 is 2.69 bits per heavy atom. The molecule has 29 heavy (non-hydrogen) atoms. The van der Waals surface area contributed by atoms with Crippen molar-refractivity contribution in [2.75, 3.05) is 32.0 Å². The highest BCUT2D eigenvalue weighted by Gasteiger charge is 2.51. The summed E-state index contributed by atoms with van der Waals surface area (Å²) in [6.07, 6.45) is 2.97. The molecule has 7 nitrogen and oxygen atoms in total. The largest absolute Gasteiger partial charge is 0.383 e. The molecular weight excluding hydrogens is 368 g/mol. The van der Waals surface area contributed by atoms with Gasteiger partial charge >= 0.3 is 0 Å². The Morgan fingerprint density at radius 1 is 1.21 bits per heavy atom. The van der Waals surface area contributed by atoms with Crippen LogP contribution in [0, 0.1) is 11.3 Å². The van der Waals surface area contributed by atoms with Crippen molar-refractivity contribution in [3.05, 3.63) is 59.8 Å². The number of benzene rings is 1. The summed E-state index contributed by atoms with van der Waals surface area (Å²) < 4.78 is 5.35. The fourth-order valence-electron chi connectivity index (χ4n) is 4.11. The predicted octanol–water partition coefficient (Wildman–Crippen LogP) is 1.39. The van der Waals surface area contributed by atoms with Crippen LogP contribution in [0.2, 0.25) is 0 Å². The number of amides is 2. The van der Waals surface area contributed by atoms with Crippen LogP contribution in [-0.4, -0.2) is 48.0 Å². The first-order chi connectivity index (χ1) is 14.1. The minimum Gasteiger partial charge on any atom is -0.383 e. The second-order valence-electron chi connectivity index (χ2n) is 7.93. The lowest BCUT2D eigenvalue weighted by Gasteiger charge is -2.49. The number of rotatable bonds is 6. The second-order valence-corrected chi connectivity index (χ2v) is 7.93. The number of nitrogen functional groups attached to an aromatic ring is 1. The van der Waals surface area contributed by atoms with Crippen LogP contribution in [0.1, 0.15) is 17.5 Å². The first-order valence-electron chi connectivity index (χ1n) is 9.95. The third-order valence-corrected chi connectivity index (χ3v) is 5.81. The fourth-order valence-corrected chi connectivity index (χ4v) is 4.11. The molecule has 0 saturated carbocycles. The Labute approximate surface area is 170 Å². The number of anilines is 1. The maximum absolute atomic E-state index is 13.2. The van der Waals surface area contributed by atoms with Crippen LogP contribution >= 0.6 is 0 Å². The number of aromatic nitrogens is 1. The maximum Gasteiger partial charge on any atom is 0.230 e. The van der Waals surface area contributed by atoms with Gasteiger partial charge in [-0.1, -0.05) is 36.4 Å². The summed E-state index contributed by atoms with van der Waals surface area (Å²) in [6, 6.07) is 13.6. The molecular formula is C22H26N4O3. The molecule has 2 amide bonds. The summed E-state index contributed by atoms with van der Waals surface area (Å²) in [5, 5.41) is 3.01. The smallest absolute Gasteiger partial charge is 0.230 e. The first kappa shape index (κ1) is 19.4. The molecule has 0 bridgehead atoms. The van der Waals surface area contributed by atoms with E-state index in [0.29, 0.717) is 45.1 Å². The van der Waals surface area contributed by atoms with Crippen LogP contribution in [0.3, 0.4) is 0 Å². The highest BCUT2D eigenvalue weighted by Crippen LogP contribution is 2.36. The lowest BCUT2D eigenvalue weighted by Crippen LogP contribution is -2.66. The zero-order valence-electron chi connectivity index (χ0n) is 16.3. The molecule has 0 spiro atoms. The van der Waals surface area contributed by atoms with E-state index in [-0.39, 0.29) is 17.7 Å². The summed E-state index contributed by atoms with van der Waals surface area (Å²) in [7, 11) is 0. The van der Waals surface area contributed by atoms with Gasteiger partial charge in [0.1, 0.15) is 5.82 Å². The summed E-state index contributed by atoms with van der Waals surface area (Å²) >= 11 is 0. The van der Waals surface area contributed by atoms with E-state index in [2.05, 4.69) is 10.3 Å². The van der Waals surface area contributed by atoms with Crippen LogP contribution in [0.4, 0.5) is 5.82 Å². The van der Waals surface area contributed by atoms with Gasteiger partial charge in [0.2, 0.25) is 11.8 Å². The van der Waals surface area contributed by atoms with Gasteiger partial charge in [-0.15, -0.1) is 0 Å². The number of nitrogens with one attached hydrogen (secondary N) is 1. The Balaban J connectivity index is 1.46. The molecule has 2 aliphatic heterocycles. The molecule has 1 aromatic carbocycles.